The number of nitrogens with zero attached hydrogens (tertiary/aromatic N) is 1. The summed E-state index contributed by atoms with van der Waals surface area (Å²) in [6, 6.07) is 15.7. The average Bonchev–Trinajstić information content (AvgIpc) is 2.87. The number of carbonyl (C=O) groups is 1. The highest BCUT2D eigenvalue weighted by molar-refractivity contribution is 6.08. The number of nitrogens with one attached hydrogen (secondary N) is 1. The van der Waals surface area contributed by atoms with E-state index in [1.807, 2.05) is 55.5 Å². The van der Waals surface area contributed by atoms with Crippen LogP contribution >= 0.6 is 0 Å². The number of fused-ring (bicyclic) bond motifs is 1. The van der Waals surface area contributed by atoms with E-state index in [1.54, 1.807) is 7.11 Å². The minimum atomic E-state index is -0.0122. The van der Waals surface area contributed by atoms with Crippen LogP contribution in [-0.4, -0.2) is 24.5 Å². The summed E-state index contributed by atoms with van der Waals surface area (Å²) in [7, 11) is 1.66. The van der Waals surface area contributed by atoms with Crippen LogP contribution in [0.25, 0.3) is 22.2 Å². The predicted molar refractivity (Wildman–Crippen MR) is 143 cm³/mol. The van der Waals surface area contributed by atoms with Crippen molar-refractivity contribution in [3.63, 3.8) is 0 Å². The van der Waals surface area contributed by atoms with Gasteiger partial charge in [0.2, 0.25) is 0 Å². The van der Waals surface area contributed by atoms with Gasteiger partial charge in [0.1, 0.15) is 5.75 Å². The van der Waals surface area contributed by atoms with Crippen molar-refractivity contribution < 1.29 is 9.53 Å². The monoisotopic (exact) mass is 460 g/mol. The van der Waals surface area contributed by atoms with Crippen LogP contribution in [0.3, 0.4) is 0 Å². The molecule has 1 heterocycles. The van der Waals surface area contributed by atoms with Crippen LogP contribution < -0.4 is 10.1 Å². The second-order valence-electron chi connectivity index (χ2n) is 9.14. The first-order valence-electron chi connectivity index (χ1n) is 13.0. The van der Waals surface area contributed by atoms with Crippen molar-refractivity contribution in [3.05, 3.63) is 59.7 Å². The minimum absolute atomic E-state index is 0.0122. The van der Waals surface area contributed by atoms with E-state index >= 15 is 0 Å². The highest BCUT2D eigenvalue weighted by Crippen LogP contribution is 2.30. The number of hydrogen-bond donors (Lipinski definition) is 1. The van der Waals surface area contributed by atoms with Crippen LogP contribution in [0.1, 0.15) is 87.1 Å². The van der Waals surface area contributed by atoms with Gasteiger partial charge in [-0.2, -0.15) is 0 Å². The van der Waals surface area contributed by atoms with E-state index < -0.39 is 0 Å². The molecular weight excluding hydrogens is 420 g/mol. The van der Waals surface area contributed by atoms with Gasteiger partial charge in [0, 0.05) is 17.5 Å². The zero-order valence-electron chi connectivity index (χ0n) is 21.2. The molecule has 0 fully saturated rings. The summed E-state index contributed by atoms with van der Waals surface area (Å²) in [6.45, 7) is 4.97. The smallest absolute Gasteiger partial charge is 0.252 e. The molecule has 182 valence electrons. The summed E-state index contributed by atoms with van der Waals surface area (Å²) in [5.74, 6) is 0.790. The predicted octanol–water partition coefficient (Wildman–Crippen LogP) is 7.87. The number of unbranched alkanes of at least 4 members (excludes halogenated alkanes) is 9. The van der Waals surface area contributed by atoms with Gasteiger partial charge in [0.25, 0.3) is 5.91 Å². The number of carbonyl (C=O) groups excluding carboxylic acids is 1. The second-order valence-corrected chi connectivity index (χ2v) is 9.14. The first-order chi connectivity index (χ1) is 16.7. The van der Waals surface area contributed by atoms with Crippen molar-refractivity contribution in [1.82, 2.24) is 10.3 Å². The molecule has 0 spiro atoms. The Morgan fingerprint density at radius 2 is 1.47 bits per heavy atom. The Hall–Kier alpha value is -2.88. The molecular formula is C30H40N2O2. The molecule has 4 nitrogen and oxygen atoms in total. The van der Waals surface area contributed by atoms with E-state index in [4.69, 9.17) is 9.72 Å². The molecule has 1 amide bonds. The number of benzene rings is 2. The highest BCUT2D eigenvalue weighted by atomic mass is 16.5. The number of rotatable bonds is 14. The van der Waals surface area contributed by atoms with Gasteiger partial charge in [-0.25, -0.2) is 4.98 Å². The zero-order chi connectivity index (χ0) is 24.2. The fraction of sp³-hybridized carbons (Fsp3) is 0.467. The number of aromatic nitrogens is 1. The largest absolute Gasteiger partial charge is 0.497 e. The standard InChI is InChI=1S/C30H40N2O2/c1-4-5-6-7-8-9-10-11-12-15-22-31-30(33)28-23(2)29(24-18-20-25(34-3)21-19-24)32-27-17-14-13-16-26(27)28/h13-14,16-21H,4-12,15,22H2,1-3H3,(H,31,33). The maximum atomic E-state index is 13.3. The topological polar surface area (TPSA) is 51.2 Å². The lowest BCUT2D eigenvalue weighted by Crippen LogP contribution is -2.26. The Morgan fingerprint density at radius 1 is 0.853 bits per heavy atom. The van der Waals surface area contributed by atoms with E-state index in [9.17, 15) is 4.79 Å². The number of methoxy groups -OCH3 is 1. The molecule has 0 aliphatic heterocycles. The first-order valence-corrected chi connectivity index (χ1v) is 13.0. The quantitative estimate of drug-likeness (QED) is 0.249. The van der Waals surface area contributed by atoms with E-state index in [1.165, 1.54) is 57.8 Å². The molecule has 0 unspecified atom stereocenters. The molecule has 0 saturated carbocycles. The third kappa shape index (κ3) is 7.06. The molecule has 3 rings (SSSR count). The van der Waals surface area contributed by atoms with E-state index in [0.29, 0.717) is 6.54 Å². The van der Waals surface area contributed by atoms with E-state index in [-0.39, 0.29) is 5.91 Å². The lowest BCUT2D eigenvalue weighted by Gasteiger charge is -2.15. The summed E-state index contributed by atoms with van der Waals surface area (Å²) in [5.41, 5.74) is 4.29. The van der Waals surface area contributed by atoms with Gasteiger partial charge >= 0.3 is 0 Å². The molecule has 34 heavy (non-hydrogen) atoms. The number of hydrogen-bond acceptors (Lipinski definition) is 3. The molecule has 1 aromatic heterocycles. The van der Waals surface area contributed by atoms with E-state index in [0.717, 1.165) is 45.5 Å². The fourth-order valence-corrected chi connectivity index (χ4v) is 4.53. The fourth-order valence-electron chi connectivity index (χ4n) is 4.53. The molecule has 1 N–H and O–H groups in total. The third-order valence-corrected chi connectivity index (χ3v) is 6.54. The van der Waals surface area contributed by atoms with Gasteiger partial charge in [0.15, 0.2) is 0 Å². The summed E-state index contributed by atoms with van der Waals surface area (Å²) in [6.07, 6.45) is 12.9. The first kappa shape index (κ1) is 25.7. The lowest BCUT2D eigenvalue weighted by molar-refractivity contribution is 0.0954. The molecule has 4 heteroatoms. The summed E-state index contributed by atoms with van der Waals surface area (Å²) in [5, 5.41) is 4.07. The van der Waals surface area contributed by atoms with Crippen molar-refractivity contribution in [1.29, 1.82) is 0 Å². The molecule has 0 saturated heterocycles. The average molecular weight is 461 g/mol. The van der Waals surface area contributed by atoms with Crippen molar-refractivity contribution >= 4 is 16.8 Å². The Labute approximate surface area is 205 Å². The second kappa shape index (κ2) is 13.7. The van der Waals surface area contributed by atoms with Crippen LogP contribution in [0, 0.1) is 6.92 Å². The van der Waals surface area contributed by atoms with Gasteiger partial charge in [-0.3, -0.25) is 4.79 Å². The van der Waals surface area contributed by atoms with Crippen molar-refractivity contribution in [3.8, 4) is 17.0 Å². The maximum absolute atomic E-state index is 13.3. The van der Waals surface area contributed by atoms with Crippen LogP contribution in [0.15, 0.2) is 48.5 Å². The van der Waals surface area contributed by atoms with Crippen LogP contribution in [0.2, 0.25) is 0 Å². The van der Waals surface area contributed by atoms with Crippen molar-refractivity contribution in [2.24, 2.45) is 0 Å². The van der Waals surface area contributed by atoms with Gasteiger partial charge in [-0.15, -0.1) is 0 Å². The highest BCUT2D eigenvalue weighted by Gasteiger charge is 2.18. The Kier molecular flexibility index (Phi) is 10.4. The molecule has 0 aliphatic carbocycles. The normalized spacial score (nSPS) is 11.0. The van der Waals surface area contributed by atoms with Gasteiger partial charge in [-0.05, 0) is 49.2 Å². The van der Waals surface area contributed by atoms with Crippen LogP contribution in [-0.2, 0) is 0 Å². The van der Waals surface area contributed by atoms with E-state index in [2.05, 4.69) is 12.2 Å². The number of amides is 1. The van der Waals surface area contributed by atoms with Crippen molar-refractivity contribution in [2.75, 3.05) is 13.7 Å². The van der Waals surface area contributed by atoms with Gasteiger partial charge in [-0.1, -0.05) is 82.9 Å². The molecule has 0 bridgehead atoms. The Balaban J connectivity index is 1.59. The number of pyridine rings is 1. The van der Waals surface area contributed by atoms with Crippen LogP contribution in [0.5, 0.6) is 5.75 Å². The maximum Gasteiger partial charge on any atom is 0.252 e. The zero-order valence-corrected chi connectivity index (χ0v) is 21.2. The van der Waals surface area contributed by atoms with Crippen molar-refractivity contribution in [2.45, 2.75) is 78.1 Å². The lowest BCUT2D eigenvalue weighted by atomic mass is 9.97. The number of ether oxygens (including phenoxy) is 1. The summed E-state index contributed by atoms with van der Waals surface area (Å²) < 4.78 is 5.29. The molecule has 3 aromatic rings. The third-order valence-electron chi connectivity index (χ3n) is 6.54. The summed E-state index contributed by atoms with van der Waals surface area (Å²) in [4.78, 5) is 18.1. The molecule has 0 aliphatic rings. The SMILES string of the molecule is CCCCCCCCCCCCNC(=O)c1c(C)c(-c2ccc(OC)cc2)nc2ccccc12. The molecule has 0 atom stereocenters. The Bertz CT molecular complexity index is 1040. The molecule has 2 aromatic carbocycles. The summed E-state index contributed by atoms with van der Waals surface area (Å²) >= 11 is 0. The van der Waals surface area contributed by atoms with Gasteiger partial charge < -0.3 is 10.1 Å². The van der Waals surface area contributed by atoms with Gasteiger partial charge in [0.05, 0.1) is 23.9 Å². The minimum Gasteiger partial charge on any atom is -0.497 e. The molecule has 0 radical (unpaired) electrons. The number of para-hydroxylation sites is 1. The van der Waals surface area contributed by atoms with Crippen LogP contribution in [0.4, 0.5) is 0 Å². The Morgan fingerprint density at radius 3 is 2.12 bits per heavy atom.